The van der Waals surface area contributed by atoms with Crippen LogP contribution in [-0.4, -0.2) is 14.5 Å². The summed E-state index contributed by atoms with van der Waals surface area (Å²) < 4.78 is 27.7. The van der Waals surface area contributed by atoms with Gasteiger partial charge in [-0.3, -0.25) is 0 Å². The first-order valence-corrected chi connectivity index (χ1v) is 8.24. The predicted octanol–water partition coefficient (Wildman–Crippen LogP) is 1.92. The molecule has 0 saturated heterocycles. The minimum atomic E-state index is -3.42. The highest BCUT2D eigenvalue weighted by atomic mass is 32.2. The van der Waals surface area contributed by atoms with Gasteiger partial charge in [-0.2, -0.15) is 0 Å². The first-order valence-electron chi connectivity index (χ1n) is 6.76. The molecule has 1 saturated carbocycles. The molecule has 1 aliphatic carbocycles. The van der Waals surface area contributed by atoms with Crippen LogP contribution in [0.3, 0.4) is 0 Å². The van der Waals surface area contributed by atoms with E-state index in [1.807, 2.05) is 13.0 Å². The Labute approximate surface area is 115 Å². The summed E-state index contributed by atoms with van der Waals surface area (Å²) in [7, 11) is -3.42. The first kappa shape index (κ1) is 14.5. The van der Waals surface area contributed by atoms with Gasteiger partial charge in [0, 0.05) is 12.6 Å². The molecule has 0 aromatic heterocycles. The molecule has 5 heteroatoms. The molecule has 0 heterocycles. The van der Waals surface area contributed by atoms with Gasteiger partial charge in [-0.15, -0.1) is 0 Å². The average molecular weight is 282 g/mol. The third kappa shape index (κ3) is 3.16. The summed E-state index contributed by atoms with van der Waals surface area (Å²) in [6.45, 7) is 4.34. The van der Waals surface area contributed by atoms with E-state index in [2.05, 4.69) is 11.6 Å². The number of rotatable bonds is 4. The zero-order chi connectivity index (χ0) is 14.0. The Hall–Kier alpha value is -0.910. The average Bonchev–Trinajstić information content (AvgIpc) is 2.73. The lowest BCUT2D eigenvalue weighted by Crippen LogP contribution is -2.36. The van der Waals surface area contributed by atoms with Crippen LogP contribution in [0.5, 0.6) is 0 Å². The zero-order valence-corrected chi connectivity index (χ0v) is 12.3. The van der Waals surface area contributed by atoms with Crippen LogP contribution in [-0.2, 0) is 16.6 Å². The van der Waals surface area contributed by atoms with Crippen molar-refractivity contribution in [1.29, 1.82) is 0 Å². The maximum Gasteiger partial charge on any atom is 0.241 e. The molecule has 0 aliphatic heterocycles. The summed E-state index contributed by atoms with van der Waals surface area (Å²) in [5.74, 6) is 0.415. The van der Waals surface area contributed by atoms with Crippen LogP contribution in [0, 0.1) is 12.8 Å². The van der Waals surface area contributed by atoms with Crippen molar-refractivity contribution in [1.82, 2.24) is 4.72 Å². The number of nitrogens with two attached hydrogens (primary N) is 1. The SMILES string of the molecule is Cc1cc(CN)ccc1S(=O)(=O)NC1CCCC1C. The molecule has 1 aromatic carbocycles. The van der Waals surface area contributed by atoms with Crippen molar-refractivity contribution in [3.05, 3.63) is 29.3 Å². The van der Waals surface area contributed by atoms with Gasteiger partial charge in [-0.1, -0.05) is 25.5 Å². The van der Waals surface area contributed by atoms with Crippen LogP contribution in [0.1, 0.15) is 37.3 Å². The smallest absolute Gasteiger partial charge is 0.241 e. The summed E-state index contributed by atoms with van der Waals surface area (Å²) in [6, 6.07) is 5.34. The molecule has 4 nitrogen and oxygen atoms in total. The second-order valence-corrected chi connectivity index (χ2v) is 7.12. The number of aryl methyl sites for hydroxylation is 1. The highest BCUT2D eigenvalue weighted by molar-refractivity contribution is 7.89. The summed E-state index contributed by atoms with van der Waals surface area (Å²) in [6.07, 6.45) is 3.12. The molecule has 1 aliphatic rings. The van der Waals surface area contributed by atoms with Gasteiger partial charge in [0.15, 0.2) is 0 Å². The predicted molar refractivity (Wildman–Crippen MR) is 76.2 cm³/mol. The van der Waals surface area contributed by atoms with Crippen molar-refractivity contribution >= 4 is 10.0 Å². The standard InChI is InChI=1S/C14H22N2O2S/c1-10-4-3-5-13(10)16-19(17,18)14-7-6-12(9-15)8-11(14)2/h6-8,10,13,16H,3-5,9,15H2,1-2H3. The second-order valence-electron chi connectivity index (χ2n) is 5.44. The summed E-state index contributed by atoms with van der Waals surface area (Å²) in [4.78, 5) is 0.365. The minimum Gasteiger partial charge on any atom is -0.326 e. The van der Waals surface area contributed by atoms with Crippen LogP contribution in [0.2, 0.25) is 0 Å². The van der Waals surface area contributed by atoms with E-state index in [1.54, 1.807) is 12.1 Å². The lowest BCUT2D eigenvalue weighted by Gasteiger charge is -2.18. The molecular formula is C14H22N2O2S. The highest BCUT2D eigenvalue weighted by Gasteiger charge is 2.28. The van der Waals surface area contributed by atoms with E-state index in [0.717, 1.165) is 30.4 Å². The van der Waals surface area contributed by atoms with Crippen molar-refractivity contribution in [2.45, 2.75) is 50.6 Å². The molecule has 0 bridgehead atoms. The fraction of sp³-hybridized carbons (Fsp3) is 0.571. The minimum absolute atomic E-state index is 0.0681. The van der Waals surface area contributed by atoms with E-state index in [4.69, 9.17) is 5.73 Å². The maximum absolute atomic E-state index is 12.4. The Bertz CT molecular complexity index is 555. The van der Waals surface area contributed by atoms with Crippen LogP contribution in [0.15, 0.2) is 23.1 Å². The van der Waals surface area contributed by atoms with E-state index < -0.39 is 10.0 Å². The topological polar surface area (TPSA) is 72.2 Å². The van der Waals surface area contributed by atoms with Gasteiger partial charge in [-0.25, -0.2) is 13.1 Å². The zero-order valence-electron chi connectivity index (χ0n) is 11.5. The second kappa shape index (κ2) is 5.61. The molecule has 2 rings (SSSR count). The number of nitrogens with one attached hydrogen (secondary N) is 1. The van der Waals surface area contributed by atoms with Gasteiger partial charge in [-0.05, 0) is 42.9 Å². The van der Waals surface area contributed by atoms with E-state index in [0.29, 0.717) is 17.4 Å². The normalized spacial score (nSPS) is 23.7. The Balaban J connectivity index is 2.24. The van der Waals surface area contributed by atoms with E-state index in [9.17, 15) is 8.42 Å². The Morgan fingerprint density at radius 3 is 2.63 bits per heavy atom. The molecule has 19 heavy (non-hydrogen) atoms. The monoisotopic (exact) mass is 282 g/mol. The quantitative estimate of drug-likeness (QED) is 0.886. The van der Waals surface area contributed by atoms with Crippen molar-refractivity contribution in [3.63, 3.8) is 0 Å². The van der Waals surface area contributed by atoms with Gasteiger partial charge in [0.25, 0.3) is 0 Å². The lowest BCUT2D eigenvalue weighted by molar-refractivity contribution is 0.476. The third-order valence-corrected chi connectivity index (χ3v) is 5.58. The van der Waals surface area contributed by atoms with Gasteiger partial charge in [0.2, 0.25) is 10.0 Å². The largest absolute Gasteiger partial charge is 0.326 e. The summed E-state index contributed by atoms with van der Waals surface area (Å²) in [5.41, 5.74) is 7.26. The molecule has 1 fully saturated rings. The van der Waals surface area contributed by atoms with E-state index in [1.165, 1.54) is 0 Å². The van der Waals surface area contributed by atoms with Crippen molar-refractivity contribution in [2.24, 2.45) is 11.7 Å². The fourth-order valence-corrected chi connectivity index (χ4v) is 4.33. The van der Waals surface area contributed by atoms with Crippen molar-refractivity contribution in [2.75, 3.05) is 0 Å². The maximum atomic E-state index is 12.4. The van der Waals surface area contributed by atoms with Gasteiger partial charge in [0.1, 0.15) is 0 Å². The highest BCUT2D eigenvalue weighted by Crippen LogP contribution is 2.27. The van der Waals surface area contributed by atoms with E-state index in [-0.39, 0.29) is 6.04 Å². The lowest BCUT2D eigenvalue weighted by atomic mass is 10.1. The number of hydrogen-bond acceptors (Lipinski definition) is 3. The Kier molecular flexibility index (Phi) is 4.28. The molecule has 0 spiro atoms. The molecule has 3 N–H and O–H groups in total. The van der Waals surface area contributed by atoms with Crippen LogP contribution in [0.4, 0.5) is 0 Å². The van der Waals surface area contributed by atoms with Gasteiger partial charge in [0.05, 0.1) is 4.90 Å². The van der Waals surface area contributed by atoms with Crippen molar-refractivity contribution in [3.8, 4) is 0 Å². The fourth-order valence-electron chi connectivity index (χ4n) is 2.72. The van der Waals surface area contributed by atoms with Crippen LogP contribution >= 0.6 is 0 Å². The van der Waals surface area contributed by atoms with Crippen molar-refractivity contribution < 1.29 is 8.42 Å². The third-order valence-electron chi connectivity index (χ3n) is 3.93. The number of benzene rings is 1. The molecule has 2 atom stereocenters. The van der Waals surface area contributed by atoms with Gasteiger partial charge >= 0.3 is 0 Å². The molecule has 0 amide bonds. The number of hydrogen-bond donors (Lipinski definition) is 2. The summed E-state index contributed by atoms with van der Waals surface area (Å²) in [5, 5.41) is 0. The number of sulfonamides is 1. The molecule has 0 radical (unpaired) electrons. The van der Waals surface area contributed by atoms with E-state index >= 15 is 0 Å². The molecule has 106 valence electrons. The molecule has 2 unspecified atom stereocenters. The molecule has 1 aromatic rings. The first-order chi connectivity index (χ1) is 8.94. The van der Waals surface area contributed by atoms with Crippen LogP contribution in [0.25, 0.3) is 0 Å². The van der Waals surface area contributed by atoms with Crippen LogP contribution < -0.4 is 10.5 Å². The Morgan fingerprint density at radius 2 is 2.11 bits per heavy atom. The Morgan fingerprint density at radius 1 is 1.37 bits per heavy atom. The summed E-state index contributed by atoms with van der Waals surface area (Å²) >= 11 is 0. The van der Waals surface area contributed by atoms with Gasteiger partial charge < -0.3 is 5.73 Å². The molecular weight excluding hydrogens is 260 g/mol.